The SMILES string of the molecule is COc1ccc(C(CO)N(C)CC(=O)Nc2cc(Cl)ccc2C#N)cc1. The van der Waals surface area contributed by atoms with E-state index in [2.05, 4.69) is 5.32 Å². The van der Waals surface area contributed by atoms with Gasteiger partial charge in [0.2, 0.25) is 5.91 Å². The zero-order valence-corrected chi connectivity index (χ0v) is 15.3. The number of methoxy groups -OCH3 is 1. The van der Waals surface area contributed by atoms with Crippen molar-refractivity contribution < 1.29 is 14.6 Å². The molecule has 136 valence electrons. The van der Waals surface area contributed by atoms with Gasteiger partial charge in [0.1, 0.15) is 11.8 Å². The number of aliphatic hydroxyl groups is 1. The Hall–Kier alpha value is -2.59. The molecule has 0 saturated heterocycles. The summed E-state index contributed by atoms with van der Waals surface area (Å²) in [6, 6.07) is 13.6. The molecule has 0 bridgehead atoms. The van der Waals surface area contributed by atoms with E-state index in [-0.39, 0.29) is 25.1 Å². The maximum Gasteiger partial charge on any atom is 0.238 e. The van der Waals surface area contributed by atoms with Gasteiger partial charge in [0.15, 0.2) is 0 Å². The fourth-order valence-electron chi connectivity index (χ4n) is 2.57. The minimum atomic E-state index is -0.346. The summed E-state index contributed by atoms with van der Waals surface area (Å²) < 4.78 is 5.13. The molecule has 2 rings (SSSR count). The van der Waals surface area contributed by atoms with Crippen molar-refractivity contribution in [3.63, 3.8) is 0 Å². The lowest BCUT2D eigenvalue weighted by Crippen LogP contribution is -2.35. The van der Waals surface area contributed by atoms with Crippen LogP contribution in [0.5, 0.6) is 5.75 Å². The van der Waals surface area contributed by atoms with E-state index in [4.69, 9.17) is 21.6 Å². The number of anilines is 1. The molecule has 2 aromatic carbocycles. The molecule has 0 saturated carbocycles. The first-order valence-corrected chi connectivity index (χ1v) is 8.30. The quantitative estimate of drug-likeness (QED) is 0.779. The van der Waals surface area contributed by atoms with Crippen LogP contribution in [0.2, 0.25) is 5.02 Å². The largest absolute Gasteiger partial charge is 0.497 e. The molecule has 0 aromatic heterocycles. The van der Waals surface area contributed by atoms with E-state index >= 15 is 0 Å². The number of nitrogens with zero attached hydrogens (tertiary/aromatic N) is 2. The number of benzene rings is 2. The molecule has 2 aromatic rings. The third-order valence-electron chi connectivity index (χ3n) is 3.97. The molecule has 0 heterocycles. The summed E-state index contributed by atoms with van der Waals surface area (Å²) in [5.41, 5.74) is 1.56. The molecule has 0 aliphatic carbocycles. The van der Waals surface area contributed by atoms with Crippen molar-refractivity contribution in [2.45, 2.75) is 6.04 Å². The Morgan fingerprint density at radius 1 is 1.35 bits per heavy atom. The van der Waals surface area contributed by atoms with E-state index in [0.29, 0.717) is 16.3 Å². The molecule has 7 heteroatoms. The van der Waals surface area contributed by atoms with Gasteiger partial charge in [-0.25, -0.2) is 0 Å². The van der Waals surface area contributed by atoms with Crippen molar-refractivity contribution in [3.8, 4) is 11.8 Å². The third kappa shape index (κ3) is 4.96. The number of nitriles is 1. The average Bonchev–Trinajstić information content (AvgIpc) is 2.63. The molecule has 1 amide bonds. The Morgan fingerprint density at radius 2 is 2.04 bits per heavy atom. The number of carbonyl (C=O) groups excluding carboxylic acids is 1. The van der Waals surface area contributed by atoms with Crippen LogP contribution in [0.3, 0.4) is 0 Å². The van der Waals surface area contributed by atoms with Crippen LogP contribution in [-0.2, 0) is 4.79 Å². The fraction of sp³-hybridized carbons (Fsp3) is 0.263. The monoisotopic (exact) mass is 373 g/mol. The van der Waals surface area contributed by atoms with Gasteiger partial charge in [0.05, 0.1) is 37.6 Å². The number of aliphatic hydroxyl groups excluding tert-OH is 1. The van der Waals surface area contributed by atoms with Crippen molar-refractivity contribution in [1.82, 2.24) is 4.90 Å². The summed E-state index contributed by atoms with van der Waals surface area (Å²) in [4.78, 5) is 14.1. The average molecular weight is 374 g/mol. The van der Waals surface area contributed by atoms with E-state index in [1.54, 1.807) is 43.3 Å². The molecule has 0 aliphatic rings. The zero-order chi connectivity index (χ0) is 19.1. The van der Waals surface area contributed by atoms with Gasteiger partial charge in [-0.2, -0.15) is 5.26 Å². The van der Waals surface area contributed by atoms with Crippen molar-refractivity contribution in [3.05, 3.63) is 58.6 Å². The lowest BCUT2D eigenvalue weighted by Gasteiger charge is -2.26. The van der Waals surface area contributed by atoms with Crippen LogP contribution in [-0.4, -0.2) is 43.2 Å². The number of hydrogen-bond acceptors (Lipinski definition) is 5. The van der Waals surface area contributed by atoms with Crippen molar-refractivity contribution in [2.75, 3.05) is 32.6 Å². The van der Waals surface area contributed by atoms with Crippen LogP contribution in [0.4, 0.5) is 5.69 Å². The second-order valence-corrected chi connectivity index (χ2v) is 6.17. The van der Waals surface area contributed by atoms with Crippen LogP contribution in [0.25, 0.3) is 0 Å². The standard InChI is InChI=1S/C19H20ClN3O3/c1-23(18(12-24)13-4-7-16(26-2)8-5-13)11-19(25)22-17-9-15(20)6-3-14(17)10-21/h3-9,18,24H,11-12H2,1-2H3,(H,22,25). The van der Waals surface area contributed by atoms with Crippen molar-refractivity contribution in [1.29, 1.82) is 5.26 Å². The molecule has 0 radical (unpaired) electrons. The molecule has 0 spiro atoms. The smallest absolute Gasteiger partial charge is 0.238 e. The van der Waals surface area contributed by atoms with Gasteiger partial charge in [-0.15, -0.1) is 0 Å². The summed E-state index contributed by atoms with van der Waals surface area (Å²) in [6.07, 6.45) is 0. The van der Waals surface area contributed by atoms with Gasteiger partial charge < -0.3 is 15.2 Å². The molecule has 1 atom stereocenters. The van der Waals surface area contributed by atoms with Gasteiger partial charge >= 0.3 is 0 Å². The molecule has 0 fully saturated rings. The Balaban J connectivity index is 2.07. The molecule has 2 N–H and O–H groups in total. The highest BCUT2D eigenvalue weighted by atomic mass is 35.5. The van der Waals surface area contributed by atoms with E-state index in [0.717, 1.165) is 11.3 Å². The first-order chi connectivity index (χ1) is 12.5. The van der Waals surface area contributed by atoms with E-state index in [1.165, 1.54) is 6.07 Å². The van der Waals surface area contributed by atoms with Crippen LogP contribution >= 0.6 is 11.6 Å². The normalized spacial score (nSPS) is 11.7. The topological polar surface area (TPSA) is 85.6 Å². The predicted molar refractivity (Wildman–Crippen MR) is 100 cm³/mol. The maximum atomic E-state index is 12.3. The second kappa shape index (κ2) is 9.20. The van der Waals surface area contributed by atoms with Gasteiger partial charge in [0.25, 0.3) is 0 Å². The highest BCUT2D eigenvalue weighted by molar-refractivity contribution is 6.31. The fourth-order valence-corrected chi connectivity index (χ4v) is 2.74. The van der Waals surface area contributed by atoms with Gasteiger partial charge in [-0.3, -0.25) is 9.69 Å². The first-order valence-electron chi connectivity index (χ1n) is 7.93. The van der Waals surface area contributed by atoms with Crippen LogP contribution < -0.4 is 10.1 Å². The summed E-state index contributed by atoms with van der Waals surface area (Å²) >= 11 is 5.93. The Morgan fingerprint density at radius 3 is 2.62 bits per heavy atom. The lowest BCUT2D eigenvalue weighted by molar-refractivity contribution is -0.117. The minimum Gasteiger partial charge on any atom is -0.497 e. The minimum absolute atomic E-state index is 0.0363. The number of likely N-dealkylation sites (N-methyl/N-ethyl adjacent to an activating group) is 1. The number of nitrogens with one attached hydrogen (secondary N) is 1. The Labute approximate surface area is 157 Å². The molecule has 1 unspecified atom stereocenters. The van der Waals surface area contributed by atoms with E-state index in [1.807, 2.05) is 18.2 Å². The molecule has 26 heavy (non-hydrogen) atoms. The van der Waals surface area contributed by atoms with Crippen LogP contribution in [0.1, 0.15) is 17.2 Å². The van der Waals surface area contributed by atoms with Crippen LogP contribution in [0.15, 0.2) is 42.5 Å². The third-order valence-corrected chi connectivity index (χ3v) is 4.21. The van der Waals surface area contributed by atoms with Crippen LogP contribution in [0, 0.1) is 11.3 Å². The van der Waals surface area contributed by atoms with Crippen molar-refractivity contribution in [2.24, 2.45) is 0 Å². The summed E-state index contributed by atoms with van der Waals surface area (Å²) in [5, 5.41) is 22.0. The lowest BCUT2D eigenvalue weighted by atomic mass is 10.1. The Bertz CT molecular complexity index is 803. The highest BCUT2D eigenvalue weighted by Crippen LogP contribution is 2.23. The van der Waals surface area contributed by atoms with Gasteiger partial charge in [-0.05, 0) is 42.9 Å². The number of hydrogen-bond donors (Lipinski definition) is 2. The molecule has 6 nitrogen and oxygen atoms in total. The van der Waals surface area contributed by atoms with E-state index in [9.17, 15) is 9.90 Å². The van der Waals surface area contributed by atoms with Gasteiger partial charge in [0, 0.05) is 5.02 Å². The number of ether oxygens (including phenoxy) is 1. The maximum absolute atomic E-state index is 12.3. The van der Waals surface area contributed by atoms with Gasteiger partial charge in [-0.1, -0.05) is 23.7 Å². The predicted octanol–water partition coefficient (Wildman–Crippen LogP) is 2.82. The molecular weight excluding hydrogens is 354 g/mol. The first kappa shape index (κ1) is 19.7. The summed E-state index contributed by atoms with van der Waals surface area (Å²) in [6.45, 7) is -0.106. The summed E-state index contributed by atoms with van der Waals surface area (Å²) in [5.74, 6) is 0.411. The van der Waals surface area contributed by atoms with E-state index < -0.39 is 0 Å². The number of halogens is 1. The molecular formula is C19H20ClN3O3. The zero-order valence-electron chi connectivity index (χ0n) is 14.6. The molecule has 0 aliphatic heterocycles. The number of carbonyl (C=O) groups is 1. The summed E-state index contributed by atoms with van der Waals surface area (Å²) in [7, 11) is 3.33. The number of amides is 1. The van der Waals surface area contributed by atoms with Crippen molar-refractivity contribution >= 4 is 23.2 Å². The number of rotatable bonds is 7. The highest BCUT2D eigenvalue weighted by Gasteiger charge is 2.19. The Kier molecular flexibility index (Phi) is 6.98. The second-order valence-electron chi connectivity index (χ2n) is 5.74.